The summed E-state index contributed by atoms with van der Waals surface area (Å²) in [4.78, 5) is 19.7. The molecule has 0 radical (unpaired) electrons. The Morgan fingerprint density at radius 3 is 2.64 bits per heavy atom. The first-order valence-electron chi connectivity index (χ1n) is 9.07. The van der Waals surface area contributed by atoms with Gasteiger partial charge in [-0.3, -0.25) is 4.79 Å². The van der Waals surface area contributed by atoms with E-state index in [1.165, 1.54) is 0 Å². The van der Waals surface area contributed by atoms with Crippen LogP contribution in [-0.2, 0) is 16.1 Å². The van der Waals surface area contributed by atoms with Gasteiger partial charge in [0.2, 0.25) is 0 Å². The van der Waals surface area contributed by atoms with Crippen LogP contribution in [0.5, 0.6) is 0 Å². The number of hydrazone groups is 1. The zero-order valence-corrected chi connectivity index (χ0v) is 16.7. The summed E-state index contributed by atoms with van der Waals surface area (Å²) in [6.07, 6.45) is 0.114. The predicted molar refractivity (Wildman–Crippen MR) is 114 cm³/mol. The number of nitrogens with zero attached hydrogens (tertiary/aromatic N) is 3. The van der Waals surface area contributed by atoms with Gasteiger partial charge in [-0.2, -0.15) is 5.10 Å². The fourth-order valence-corrected chi connectivity index (χ4v) is 3.03. The highest BCUT2D eigenvalue weighted by atomic mass is 32.1. The lowest BCUT2D eigenvalue weighted by Crippen LogP contribution is -2.21. The number of ether oxygens (including phenoxy) is 1. The molecule has 3 rings (SSSR count). The number of hydrogen-bond acceptors (Lipinski definition) is 6. The molecule has 1 heterocycles. The molecule has 1 aromatic heterocycles. The number of nitrogens with one attached hydrogen (secondary N) is 1. The van der Waals surface area contributed by atoms with Crippen molar-refractivity contribution in [2.75, 3.05) is 11.6 Å². The molecule has 6 nitrogen and oxygen atoms in total. The number of para-hydroxylation sites is 2. The van der Waals surface area contributed by atoms with Crippen LogP contribution >= 0.6 is 12.2 Å². The van der Waals surface area contributed by atoms with Crippen molar-refractivity contribution in [1.29, 1.82) is 0 Å². The van der Waals surface area contributed by atoms with E-state index >= 15 is 0 Å². The highest BCUT2D eigenvalue weighted by Crippen LogP contribution is 2.20. The molecule has 144 valence electrons. The van der Waals surface area contributed by atoms with E-state index in [2.05, 4.69) is 10.1 Å². The van der Waals surface area contributed by atoms with Gasteiger partial charge >= 0.3 is 5.97 Å². The van der Waals surface area contributed by atoms with Crippen LogP contribution in [0.2, 0.25) is 0 Å². The lowest BCUT2D eigenvalue weighted by Gasteiger charge is -2.20. The Hall–Kier alpha value is -3.06. The molecular formula is C21H22N4O2S. The highest BCUT2D eigenvalue weighted by Gasteiger charge is 2.14. The Morgan fingerprint density at radius 2 is 1.89 bits per heavy atom. The van der Waals surface area contributed by atoms with Gasteiger partial charge in [0.1, 0.15) is 4.64 Å². The van der Waals surface area contributed by atoms with Crippen molar-refractivity contribution in [3.05, 3.63) is 64.8 Å². The highest BCUT2D eigenvalue weighted by molar-refractivity contribution is 7.71. The predicted octanol–water partition coefficient (Wildman–Crippen LogP) is 4.63. The van der Waals surface area contributed by atoms with Crippen LogP contribution in [0.25, 0.3) is 11.0 Å². The third-order valence-electron chi connectivity index (χ3n) is 4.00. The molecule has 0 saturated heterocycles. The van der Waals surface area contributed by atoms with Crippen LogP contribution in [-0.4, -0.2) is 28.3 Å². The second-order valence-corrected chi connectivity index (χ2v) is 6.68. The van der Waals surface area contributed by atoms with Crippen molar-refractivity contribution in [2.24, 2.45) is 5.10 Å². The van der Waals surface area contributed by atoms with E-state index in [4.69, 9.17) is 21.9 Å². The summed E-state index contributed by atoms with van der Waals surface area (Å²) in [5.41, 5.74) is 3.34. The SMILES string of the molecule is CCOC(=O)C/C(C)=N/N(Cc1ccccc1)c1nc2ccccc2[nH]c1=S. The van der Waals surface area contributed by atoms with Gasteiger partial charge in [0.15, 0.2) is 5.82 Å². The third kappa shape index (κ3) is 5.01. The summed E-state index contributed by atoms with van der Waals surface area (Å²) >= 11 is 5.53. The number of rotatable bonds is 7. The minimum atomic E-state index is -0.306. The van der Waals surface area contributed by atoms with Crippen LogP contribution in [0, 0.1) is 4.64 Å². The Labute approximate surface area is 168 Å². The van der Waals surface area contributed by atoms with Crippen LogP contribution in [0.1, 0.15) is 25.8 Å². The van der Waals surface area contributed by atoms with Crippen LogP contribution in [0.3, 0.4) is 0 Å². The van der Waals surface area contributed by atoms with Gasteiger partial charge in [0, 0.05) is 5.71 Å². The third-order valence-corrected chi connectivity index (χ3v) is 4.28. The zero-order valence-electron chi connectivity index (χ0n) is 15.9. The maximum absolute atomic E-state index is 11.8. The lowest BCUT2D eigenvalue weighted by atomic mass is 10.2. The van der Waals surface area contributed by atoms with E-state index in [-0.39, 0.29) is 12.4 Å². The first-order valence-corrected chi connectivity index (χ1v) is 9.48. The van der Waals surface area contributed by atoms with Crippen LogP contribution in [0.4, 0.5) is 5.82 Å². The normalized spacial score (nSPS) is 11.4. The number of esters is 1. The molecule has 0 amide bonds. The molecule has 0 fully saturated rings. The van der Waals surface area contributed by atoms with Gasteiger partial charge < -0.3 is 9.72 Å². The molecule has 0 spiro atoms. The quantitative estimate of drug-likeness (QED) is 0.274. The van der Waals surface area contributed by atoms with Crippen molar-refractivity contribution in [3.8, 4) is 0 Å². The average Bonchev–Trinajstić information content (AvgIpc) is 2.68. The number of H-pyrrole nitrogens is 1. The number of carbonyl (C=O) groups is 1. The molecule has 0 aliphatic rings. The van der Waals surface area contributed by atoms with Crippen molar-refractivity contribution in [2.45, 2.75) is 26.8 Å². The summed E-state index contributed by atoms with van der Waals surface area (Å²) < 4.78 is 5.51. The number of hydrogen-bond donors (Lipinski definition) is 1. The Kier molecular flexibility index (Phi) is 6.49. The van der Waals surface area contributed by atoms with E-state index in [1.54, 1.807) is 18.9 Å². The van der Waals surface area contributed by atoms with Crippen molar-refractivity contribution in [3.63, 3.8) is 0 Å². The van der Waals surface area contributed by atoms with Gasteiger partial charge in [0.05, 0.1) is 30.6 Å². The van der Waals surface area contributed by atoms with Crippen molar-refractivity contribution < 1.29 is 9.53 Å². The molecule has 0 aliphatic carbocycles. The van der Waals surface area contributed by atoms with Crippen LogP contribution < -0.4 is 5.01 Å². The summed E-state index contributed by atoms with van der Waals surface area (Å²) in [5.74, 6) is 0.237. The zero-order chi connectivity index (χ0) is 19.9. The standard InChI is InChI=1S/C21H22N4O2S/c1-3-27-19(26)13-15(2)24-25(14-16-9-5-4-6-10-16)20-21(28)23-18-12-8-7-11-17(18)22-20/h4-12H,3,13-14H2,1-2H3,(H,23,28)/b24-15+. The van der Waals surface area contributed by atoms with E-state index < -0.39 is 0 Å². The molecule has 0 bridgehead atoms. The van der Waals surface area contributed by atoms with E-state index in [9.17, 15) is 4.79 Å². The van der Waals surface area contributed by atoms with Crippen molar-refractivity contribution in [1.82, 2.24) is 9.97 Å². The first kappa shape index (κ1) is 19.7. The summed E-state index contributed by atoms with van der Waals surface area (Å²) in [6, 6.07) is 17.6. The number of benzene rings is 2. The van der Waals surface area contributed by atoms with Gasteiger partial charge in [-0.15, -0.1) is 0 Å². The fourth-order valence-electron chi connectivity index (χ4n) is 2.77. The largest absolute Gasteiger partial charge is 0.466 e. The van der Waals surface area contributed by atoms with E-state index in [1.807, 2.05) is 54.6 Å². The monoisotopic (exact) mass is 394 g/mol. The number of fused-ring (bicyclic) bond motifs is 1. The number of aromatic nitrogens is 2. The molecule has 2 aromatic carbocycles. The summed E-state index contributed by atoms with van der Waals surface area (Å²) in [6.45, 7) is 4.40. The molecule has 7 heteroatoms. The maximum Gasteiger partial charge on any atom is 0.311 e. The Balaban J connectivity index is 1.99. The molecule has 0 saturated carbocycles. The summed E-state index contributed by atoms with van der Waals surface area (Å²) in [5, 5.41) is 6.36. The topological polar surface area (TPSA) is 70.6 Å². The van der Waals surface area contributed by atoms with Gasteiger partial charge in [-0.25, -0.2) is 9.99 Å². The Bertz CT molecular complexity index is 1050. The number of anilines is 1. The molecule has 0 unspecified atom stereocenters. The number of aromatic amines is 1. The van der Waals surface area contributed by atoms with E-state index in [0.717, 1.165) is 16.6 Å². The minimum Gasteiger partial charge on any atom is -0.466 e. The van der Waals surface area contributed by atoms with Crippen molar-refractivity contribution >= 4 is 40.8 Å². The molecule has 1 N–H and O–H groups in total. The van der Waals surface area contributed by atoms with Crippen LogP contribution in [0.15, 0.2) is 59.7 Å². The molecular weight excluding hydrogens is 372 g/mol. The fraction of sp³-hybridized carbons (Fsp3) is 0.238. The van der Waals surface area contributed by atoms with Gasteiger partial charge in [0.25, 0.3) is 0 Å². The smallest absolute Gasteiger partial charge is 0.311 e. The average molecular weight is 395 g/mol. The molecule has 0 aliphatic heterocycles. The Morgan fingerprint density at radius 1 is 1.18 bits per heavy atom. The lowest BCUT2D eigenvalue weighted by molar-refractivity contribution is -0.141. The van der Waals surface area contributed by atoms with Gasteiger partial charge in [-0.1, -0.05) is 54.7 Å². The second kappa shape index (κ2) is 9.23. The molecule has 28 heavy (non-hydrogen) atoms. The minimum absolute atomic E-state index is 0.114. The second-order valence-electron chi connectivity index (χ2n) is 6.27. The van der Waals surface area contributed by atoms with E-state index in [0.29, 0.717) is 29.3 Å². The van der Waals surface area contributed by atoms with Gasteiger partial charge in [-0.05, 0) is 31.5 Å². The summed E-state index contributed by atoms with van der Waals surface area (Å²) in [7, 11) is 0. The number of carbonyl (C=O) groups excluding carboxylic acids is 1. The maximum atomic E-state index is 11.8. The molecule has 0 atom stereocenters. The first-order chi connectivity index (χ1) is 13.6. The molecule has 3 aromatic rings.